The Balaban J connectivity index is 0.000000260. The fourth-order valence-corrected chi connectivity index (χ4v) is 6.51. The minimum Gasteiger partial charge on any atom is -1.00 e. The summed E-state index contributed by atoms with van der Waals surface area (Å²) in [5, 5.41) is 0. The summed E-state index contributed by atoms with van der Waals surface area (Å²) in [6.07, 6.45) is 10.0. The molecule has 0 unspecified atom stereocenters. The number of hydrogen-bond donors (Lipinski definition) is 0. The maximum atomic E-state index is 3.53. The van der Waals surface area contributed by atoms with Gasteiger partial charge in [-0.15, -0.1) is 5.56 Å². The number of fused-ring (bicyclic) bond motifs is 3. The summed E-state index contributed by atoms with van der Waals surface area (Å²) >= 11 is 8.43. The Kier molecular flexibility index (Phi) is 15.3. The molecule has 0 bridgehead atoms. The zero-order valence-corrected chi connectivity index (χ0v) is 33.6. The third-order valence-corrected chi connectivity index (χ3v) is 9.97. The molecule has 44 heavy (non-hydrogen) atoms. The molecule has 0 aliphatic heterocycles. The first kappa shape index (κ1) is 39.1. The van der Waals surface area contributed by atoms with Crippen LogP contribution in [0.2, 0.25) is 0 Å². The van der Waals surface area contributed by atoms with Crippen molar-refractivity contribution in [2.24, 2.45) is 0 Å². The topological polar surface area (TPSA) is 0 Å². The van der Waals surface area contributed by atoms with Gasteiger partial charge >= 0.3 is 128 Å². The van der Waals surface area contributed by atoms with Crippen molar-refractivity contribution >= 4 is 35.1 Å². The molecule has 0 N–H and O–H groups in total. The molecule has 0 spiro atoms. The summed E-state index contributed by atoms with van der Waals surface area (Å²) in [5.41, 5.74) is 11.3. The van der Waals surface area contributed by atoms with E-state index in [9.17, 15) is 0 Å². The van der Waals surface area contributed by atoms with Gasteiger partial charge in [0.15, 0.2) is 0 Å². The van der Waals surface area contributed by atoms with E-state index in [1.54, 1.807) is 0 Å². The molecule has 6 rings (SSSR count). The predicted octanol–water partition coefficient (Wildman–Crippen LogP) is 5.52. The second kappa shape index (κ2) is 17.2. The van der Waals surface area contributed by atoms with E-state index in [2.05, 4.69) is 158 Å². The Labute approximate surface area is 309 Å². The second-order valence-corrected chi connectivity index (χ2v) is 16.1. The van der Waals surface area contributed by atoms with Gasteiger partial charge in [-0.1, -0.05) is 89.1 Å². The maximum Gasteiger partial charge on any atom is -0.0132 e. The molecule has 0 heterocycles. The van der Waals surface area contributed by atoms with Gasteiger partial charge in [0.25, 0.3) is 0 Å². The summed E-state index contributed by atoms with van der Waals surface area (Å²) in [4.78, 5) is 0. The zero-order valence-electron chi connectivity index (χ0n) is 26.4. The van der Waals surface area contributed by atoms with Crippen molar-refractivity contribution in [2.45, 2.75) is 78.1 Å². The molecule has 0 amide bonds. The Morgan fingerprint density at radius 2 is 1.30 bits per heavy atom. The van der Waals surface area contributed by atoms with Crippen LogP contribution in [0.1, 0.15) is 94.2 Å². The Bertz CT molecular complexity index is 1480. The molecule has 0 saturated carbocycles. The molecule has 0 saturated heterocycles. The van der Waals surface area contributed by atoms with Crippen LogP contribution >= 0.6 is 31.9 Å². The first-order valence-electron chi connectivity index (χ1n) is 14.7. The van der Waals surface area contributed by atoms with Gasteiger partial charge < -0.3 is 30.9 Å². The summed E-state index contributed by atoms with van der Waals surface area (Å²) in [6.45, 7) is 13.6. The van der Waals surface area contributed by atoms with Gasteiger partial charge in [-0.2, -0.15) is 35.7 Å². The van der Waals surface area contributed by atoms with E-state index < -0.39 is 0 Å². The van der Waals surface area contributed by atoms with Crippen LogP contribution in [0.4, 0.5) is 0 Å². The predicted molar refractivity (Wildman–Crippen MR) is 184 cm³/mol. The van der Waals surface area contributed by atoms with Crippen LogP contribution in [-0.4, -0.2) is 3.21 Å². The van der Waals surface area contributed by atoms with E-state index in [-0.39, 0.29) is 35.6 Å². The molecule has 2 aliphatic rings. The summed E-state index contributed by atoms with van der Waals surface area (Å²) < 4.78 is 3.62. The van der Waals surface area contributed by atoms with E-state index in [0.717, 1.165) is 15.4 Å². The largest absolute Gasteiger partial charge is 1.00 e. The van der Waals surface area contributed by atoms with E-state index in [4.69, 9.17) is 0 Å². The van der Waals surface area contributed by atoms with Gasteiger partial charge in [0.1, 0.15) is 0 Å². The summed E-state index contributed by atoms with van der Waals surface area (Å²) in [7, 11) is 0. The van der Waals surface area contributed by atoms with Crippen LogP contribution in [0, 0.1) is 12.1 Å². The maximum absolute atomic E-state index is 3.53. The third-order valence-electron chi connectivity index (χ3n) is 7.57. The van der Waals surface area contributed by atoms with Gasteiger partial charge in [0.2, 0.25) is 0 Å². The molecule has 0 fully saturated rings. The average Bonchev–Trinajstić information content (AvgIpc) is 3.63. The van der Waals surface area contributed by atoms with Crippen LogP contribution in [0.15, 0.2) is 93.9 Å². The SMILES string of the molecule is Brc1cccc([C](=[Zr+2])c2cccc(Br)c2)c1.CC(C)(C)c1c[c-]c2c(c1)-c1cc(C(C)(C)C)ccc1C2.[C-]1=CCCC1.[Cl-].[Cl-]. The third kappa shape index (κ3) is 10.7. The molecule has 230 valence electrons. The van der Waals surface area contributed by atoms with Crippen molar-refractivity contribution in [3.63, 3.8) is 0 Å². The minimum absolute atomic E-state index is 0. The number of hydrogen-bond acceptors (Lipinski definition) is 0. The average molecular weight is 831 g/mol. The molecule has 0 atom stereocenters. The van der Waals surface area contributed by atoms with Crippen LogP contribution in [-0.2, 0) is 41.5 Å². The zero-order chi connectivity index (χ0) is 30.5. The van der Waals surface area contributed by atoms with Crippen molar-refractivity contribution in [1.29, 1.82) is 0 Å². The number of allylic oxidation sites excluding steroid dienone is 2. The standard InChI is InChI=1S/C21H25.C13H8Br2.C5H7.2ClH.Zr/c1-20(2,3)16-9-7-14-11-15-8-10-17(21(4,5)6)13-19(15)18(14)12-16;14-12-5-1-3-10(8-12)7-11-4-2-6-13(15)9-11;1-2-4-5-3-1;;;/h7,9-10,12-13H,11H2,1-6H3;1-6,8-9H;1H,2,4-5H2;2*1H;/q-1;;-1;;;+2/p-2. The van der Waals surface area contributed by atoms with E-state index in [1.807, 2.05) is 12.1 Å². The van der Waals surface area contributed by atoms with Crippen LogP contribution < -0.4 is 24.8 Å². The van der Waals surface area contributed by atoms with Gasteiger partial charge in [-0.25, -0.2) is 0 Å². The molecule has 4 aromatic rings. The van der Waals surface area contributed by atoms with Crippen molar-refractivity contribution in [2.75, 3.05) is 0 Å². The molecule has 0 radical (unpaired) electrons. The number of rotatable bonds is 2. The van der Waals surface area contributed by atoms with E-state index >= 15 is 0 Å². The molecule has 0 nitrogen and oxygen atoms in total. The Morgan fingerprint density at radius 3 is 1.75 bits per heavy atom. The van der Waals surface area contributed by atoms with Crippen molar-refractivity contribution in [3.8, 4) is 11.1 Å². The van der Waals surface area contributed by atoms with Gasteiger partial charge in [0, 0.05) is 0 Å². The smallest absolute Gasteiger partial charge is 0.0132 e. The van der Waals surface area contributed by atoms with Gasteiger partial charge in [-0.05, 0) is 17.4 Å². The van der Waals surface area contributed by atoms with Crippen molar-refractivity contribution < 1.29 is 49.0 Å². The van der Waals surface area contributed by atoms with Crippen molar-refractivity contribution in [3.05, 3.63) is 139 Å². The molecular formula is C39H40Br2Cl2Zr-2. The Morgan fingerprint density at radius 1 is 0.727 bits per heavy atom. The van der Waals surface area contributed by atoms with Crippen LogP contribution in [0.25, 0.3) is 11.1 Å². The molecule has 2 aliphatic carbocycles. The van der Waals surface area contributed by atoms with Crippen molar-refractivity contribution in [1.82, 2.24) is 0 Å². The number of halogens is 4. The summed E-state index contributed by atoms with van der Waals surface area (Å²) in [5.74, 6) is 0. The molecule has 4 aromatic carbocycles. The normalized spacial score (nSPS) is 12.8. The Hall–Kier alpha value is -1.09. The summed E-state index contributed by atoms with van der Waals surface area (Å²) in [6, 6.07) is 31.9. The molecule has 5 heteroatoms. The molecular weight excluding hydrogens is 790 g/mol. The monoisotopic (exact) mass is 826 g/mol. The van der Waals surface area contributed by atoms with Gasteiger partial charge in [-0.3, -0.25) is 6.08 Å². The minimum atomic E-state index is 0. The van der Waals surface area contributed by atoms with Crippen LogP contribution in [0.5, 0.6) is 0 Å². The van der Waals surface area contributed by atoms with E-state index in [1.165, 1.54) is 91.2 Å². The second-order valence-electron chi connectivity index (χ2n) is 13.0. The first-order valence-corrected chi connectivity index (χ1v) is 17.5. The fourth-order valence-electron chi connectivity index (χ4n) is 4.95. The molecule has 0 aromatic heterocycles. The van der Waals surface area contributed by atoms with Gasteiger partial charge in [0.05, 0.1) is 0 Å². The van der Waals surface area contributed by atoms with Crippen LogP contribution in [0.3, 0.4) is 0 Å². The fraction of sp³-hybridized carbons (Fsp3) is 0.308. The van der Waals surface area contributed by atoms with E-state index in [0.29, 0.717) is 0 Å². The number of benzene rings is 4. The first-order chi connectivity index (χ1) is 19.8. The quantitative estimate of drug-likeness (QED) is 0.206.